The van der Waals surface area contributed by atoms with E-state index in [1.165, 1.54) is 16.9 Å². The summed E-state index contributed by atoms with van der Waals surface area (Å²) in [6, 6.07) is 9.27. The van der Waals surface area contributed by atoms with E-state index in [0.717, 1.165) is 43.1 Å². The van der Waals surface area contributed by atoms with E-state index in [-0.39, 0.29) is 18.0 Å². The van der Waals surface area contributed by atoms with Gasteiger partial charge in [0.1, 0.15) is 11.7 Å². The number of aliphatic imine (C=N–C) groups is 1. The number of nitrogens with zero attached hydrogens (tertiary/aromatic N) is 6. The Morgan fingerprint density at radius 3 is 2.74 bits per heavy atom. The number of amides is 1. The molecule has 2 aromatic rings. The predicted molar refractivity (Wildman–Crippen MR) is 134 cm³/mol. The second-order valence-corrected chi connectivity index (χ2v) is 10.6. The highest BCUT2D eigenvalue weighted by atomic mass is 16.2. The van der Waals surface area contributed by atoms with Crippen molar-refractivity contribution in [1.29, 1.82) is 0 Å². The Bertz CT molecular complexity index is 1240. The van der Waals surface area contributed by atoms with Gasteiger partial charge in [0.2, 0.25) is 5.91 Å². The van der Waals surface area contributed by atoms with Crippen LogP contribution in [0.2, 0.25) is 0 Å². The molecule has 0 spiro atoms. The maximum absolute atomic E-state index is 12.7. The fourth-order valence-corrected chi connectivity index (χ4v) is 6.16. The smallest absolute Gasteiger partial charge is 0.242 e. The van der Waals surface area contributed by atoms with Crippen LogP contribution in [0.25, 0.3) is 11.0 Å². The number of imidazole rings is 1. The molecule has 1 aromatic heterocycles. The number of amidine groups is 1. The summed E-state index contributed by atoms with van der Waals surface area (Å²) < 4.78 is 2.37. The van der Waals surface area contributed by atoms with Gasteiger partial charge >= 0.3 is 0 Å². The van der Waals surface area contributed by atoms with Crippen molar-refractivity contribution in [3.63, 3.8) is 0 Å². The lowest BCUT2D eigenvalue weighted by Gasteiger charge is -2.40. The fourth-order valence-electron chi connectivity index (χ4n) is 6.16. The zero-order valence-corrected chi connectivity index (χ0v) is 20.6. The van der Waals surface area contributed by atoms with E-state index in [4.69, 9.17) is 9.98 Å². The standard InChI is InChI=1S/C27H34N6O/c1-17(2)32-15-25-29-22-13-20(11-18(3)27(22)33(25)16-26(32)34)12-19(4)30-9-10-31-23-8-6-5-7-21(23)28-24(31)14-30/h5-8,11,13,17-19,27H,9-10,12,14-16H2,1-4H3. The molecular weight excluding hydrogens is 424 g/mol. The van der Waals surface area contributed by atoms with Gasteiger partial charge in [0, 0.05) is 31.1 Å². The summed E-state index contributed by atoms with van der Waals surface area (Å²) in [6.07, 6.45) is 5.69. The van der Waals surface area contributed by atoms with Crippen molar-refractivity contribution in [2.75, 3.05) is 19.6 Å². The van der Waals surface area contributed by atoms with Gasteiger partial charge in [-0.1, -0.05) is 25.1 Å². The van der Waals surface area contributed by atoms with E-state index in [0.29, 0.717) is 25.0 Å². The summed E-state index contributed by atoms with van der Waals surface area (Å²) in [5.41, 5.74) is 4.83. The molecule has 7 heteroatoms. The minimum atomic E-state index is 0.196. The van der Waals surface area contributed by atoms with E-state index in [2.05, 4.69) is 78.5 Å². The van der Waals surface area contributed by atoms with Crippen molar-refractivity contribution in [2.24, 2.45) is 10.9 Å². The summed E-state index contributed by atoms with van der Waals surface area (Å²) in [6.45, 7) is 12.7. The maximum Gasteiger partial charge on any atom is 0.242 e. The fraction of sp³-hybridized carbons (Fsp3) is 0.519. The molecule has 1 aliphatic carbocycles. The molecule has 1 saturated heterocycles. The van der Waals surface area contributed by atoms with E-state index in [9.17, 15) is 4.79 Å². The lowest BCUT2D eigenvalue weighted by Crippen LogP contribution is -2.57. The number of allylic oxidation sites excluding steroid dienone is 1. The molecule has 3 atom stereocenters. The number of carbonyl (C=O) groups is 1. The highest BCUT2D eigenvalue weighted by molar-refractivity contribution is 5.98. The van der Waals surface area contributed by atoms with Crippen LogP contribution in [0.15, 0.2) is 52.7 Å². The van der Waals surface area contributed by atoms with Crippen molar-refractivity contribution in [2.45, 2.75) is 65.3 Å². The highest BCUT2D eigenvalue weighted by Gasteiger charge is 2.42. The first-order chi connectivity index (χ1) is 16.4. The molecule has 1 fully saturated rings. The van der Waals surface area contributed by atoms with Gasteiger partial charge in [0.15, 0.2) is 0 Å². The lowest BCUT2D eigenvalue weighted by molar-refractivity contribution is -0.134. The monoisotopic (exact) mass is 458 g/mol. The van der Waals surface area contributed by atoms with Crippen molar-refractivity contribution >= 4 is 22.8 Å². The third-order valence-corrected chi connectivity index (χ3v) is 7.94. The summed E-state index contributed by atoms with van der Waals surface area (Å²) in [5.74, 6) is 2.77. The molecule has 4 heterocycles. The SMILES string of the molecule is CC1C=C(CC(C)N2CCn3c(nc4ccccc43)C2)C=C2N=C3CN(C(C)C)C(=O)CN3C21. The Morgan fingerprint density at radius 1 is 1.09 bits per heavy atom. The van der Waals surface area contributed by atoms with Crippen molar-refractivity contribution in [1.82, 2.24) is 24.3 Å². The number of para-hydroxylation sites is 2. The Labute approximate surface area is 201 Å². The Morgan fingerprint density at radius 2 is 1.91 bits per heavy atom. The van der Waals surface area contributed by atoms with Crippen LogP contribution in [-0.2, 0) is 17.9 Å². The summed E-state index contributed by atoms with van der Waals surface area (Å²) in [4.78, 5) is 29.3. The van der Waals surface area contributed by atoms with Crippen LogP contribution in [-0.4, -0.2) is 73.8 Å². The van der Waals surface area contributed by atoms with Gasteiger partial charge < -0.3 is 14.4 Å². The molecule has 178 valence electrons. The van der Waals surface area contributed by atoms with Crippen LogP contribution in [0, 0.1) is 5.92 Å². The van der Waals surface area contributed by atoms with Crippen LogP contribution < -0.4 is 0 Å². The number of rotatable bonds is 4. The zero-order valence-electron chi connectivity index (χ0n) is 20.6. The van der Waals surface area contributed by atoms with Crippen LogP contribution in [0.1, 0.15) is 39.9 Å². The number of benzene rings is 1. The van der Waals surface area contributed by atoms with Crippen LogP contribution in [0.3, 0.4) is 0 Å². The van der Waals surface area contributed by atoms with Gasteiger partial charge in [-0.15, -0.1) is 0 Å². The molecule has 3 aliphatic heterocycles. The quantitative estimate of drug-likeness (QED) is 0.705. The number of hydrogen-bond donors (Lipinski definition) is 0. The summed E-state index contributed by atoms with van der Waals surface area (Å²) >= 11 is 0. The van der Waals surface area contributed by atoms with Gasteiger partial charge in [-0.05, 0) is 51.0 Å². The summed E-state index contributed by atoms with van der Waals surface area (Å²) in [5, 5.41) is 0. The molecule has 0 radical (unpaired) electrons. The Kier molecular flexibility index (Phi) is 5.13. The third-order valence-electron chi connectivity index (χ3n) is 7.94. The first-order valence-corrected chi connectivity index (χ1v) is 12.6. The van der Waals surface area contributed by atoms with Gasteiger partial charge in [-0.3, -0.25) is 9.69 Å². The van der Waals surface area contributed by atoms with Gasteiger partial charge in [0.05, 0.1) is 42.4 Å². The molecule has 1 amide bonds. The molecule has 34 heavy (non-hydrogen) atoms. The highest BCUT2D eigenvalue weighted by Crippen LogP contribution is 2.36. The molecule has 7 nitrogen and oxygen atoms in total. The topological polar surface area (TPSA) is 57.0 Å². The maximum atomic E-state index is 12.7. The predicted octanol–water partition coefficient (Wildman–Crippen LogP) is 3.42. The van der Waals surface area contributed by atoms with E-state index in [1.807, 2.05) is 4.90 Å². The molecule has 0 N–H and O–H groups in total. The van der Waals surface area contributed by atoms with Crippen LogP contribution in [0.4, 0.5) is 0 Å². The van der Waals surface area contributed by atoms with Crippen molar-refractivity contribution in [3.05, 3.63) is 53.5 Å². The van der Waals surface area contributed by atoms with E-state index >= 15 is 0 Å². The molecule has 1 aromatic carbocycles. The van der Waals surface area contributed by atoms with Crippen molar-refractivity contribution in [3.8, 4) is 0 Å². The van der Waals surface area contributed by atoms with E-state index < -0.39 is 0 Å². The molecular formula is C27H34N6O. The molecule has 0 saturated carbocycles. The first-order valence-electron chi connectivity index (χ1n) is 12.6. The third kappa shape index (κ3) is 3.49. The number of aromatic nitrogens is 2. The number of piperazine rings is 1. The van der Waals surface area contributed by atoms with Gasteiger partial charge in [-0.2, -0.15) is 0 Å². The molecule has 3 unspecified atom stereocenters. The average molecular weight is 459 g/mol. The van der Waals surface area contributed by atoms with Crippen LogP contribution >= 0.6 is 0 Å². The van der Waals surface area contributed by atoms with Crippen LogP contribution in [0.5, 0.6) is 0 Å². The Balaban J connectivity index is 1.17. The molecule has 4 aliphatic rings. The minimum Gasteiger partial charge on any atom is -0.340 e. The first kappa shape index (κ1) is 21.6. The Hall–Kier alpha value is -2.93. The normalized spacial score (nSPS) is 25.7. The van der Waals surface area contributed by atoms with Crippen molar-refractivity contribution < 1.29 is 4.79 Å². The molecule has 0 bridgehead atoms. The largest absolute Gasteiger partial charge is 0.340 e. The lowest BCUT2D eigenvalue weighted by atomic mass is 9.87. The minimum absolute atomic E-state index is 0.196. The average Bonchev–Trinajstić information content (AvgIpc) is 3.35. The molecule has 6 rings (SSSR count). The van der Waals surface area contributed by atoms with E-state index in [1.54, 1.807) is 0 Å². The second kappa shape index (κ2) is 8.08. The summed E-state index contributed by atoms with van der Waals surface area (Å²) in [7, 11) is 0. The number of hydrogen-bond acceptors (Lipinski definition) is 5. The van der Waals surface area contributed by atoms with Gasteiger partial charge in [0.25, 0.3) is 0 Å². The zero-order chi connectivity index (χ0) is 23.6. The van der Waals surface area contributed by atoms with Gasteiger partial charge in [-0.25, -0.2) is 9.98 Å². The second-order valence-electron chi connectivity index (χ2n) is 10.6. The number of fused-ring (bicyclic) bond motifs is 6. The number of carbonyl (C=O) groups excluding carboxylic acids is 1.